The average Bonchev–Trinajstić information content (AvgIpc) is 3.32. The molecule has 1 unspecified atom stereocenters. The van der Waals surface area contributed by atoms with E-state index in [1.165, 1.54) is 16.7 Å². The molecule has 2 saturated heterocycles. The molecule has 6 aliphatic rings. The Morgan fingerprint density at radius 1 is 1.19 bits per heavy atom. The van der Waals surface area contributed by atoms with Crippen LogP contribution in [0.5, 0.6) is 0 Å². The Balaban J connectivity index is 1.34. The van der Waals surface area contributed by atoms with Crippen LogP contribution in [0.4, 0.5) is 13.2 Å². The van der Waals surface area contributed by atoms with E-state index in [0.717, 1.165) is 49.8 Å². The monoisotopic (exact) mass is 507 g/mol. The van der Waals surface area contributed by atoms with Crippen LogP contribution in [-0.2, 0) is 9.53 Å². The Kier molecular flexibility index (Phi) is 5.60. The number of allylic oxidation sites excluding steroid dienone is 2. The second kappa shape index (κ2) is 8.08. The lowest BCUT2D eigenvalue weighted by Gasteiger charge is -2.49. The molecule has 4 aliphatic carbocycles. The topological polar surface area (TPSA) is 49.8 Å². The van der Waals surface area contributed by atoms with E-state index in [1.54, 1.807) is 0 Å². The molecule has 4 nitrogen and oxygen atoms in total. The number of rotatable bonds is 0. The van der Waals surface area contributed by atoms with E-state index < -0.39 is 23.7 Å². The van der Waals surface area contributed by atoms with Gasteiger partial charge in [0.15, 0.2) is 0 Å². The molecule has 0 radical (unpaired) electrons. The fourth-order valence-corrected chi connectivity index (χ4v) is 9.72. The first-order valence-corrected chi connectivity index (χ1v) is 14.0. The molecule has 0 aromatic rings. The van der Waals surface area contributed by atoms with Gasteiger partial charge in [0, 0.05) is 12.5 Å². The number of alkyl halides is 3. The molecule has 200 valence electrons. The van der Waals surface area contributed by atoms with E-state index in [1.807, 2.05) is 13.8 Å². The highest BCUT2D eigenvalue weighted by atomic mass is 19.4. The van der Waals surface area contributed by atoms with Gasteiger partial charge >= 0.3 is 12.1 Å². The van der Waals surface area contributed by atoms with Gasteiger partial charge in [-0.2, -0.15) is 13.2 Å². The van der Waals surface area contributed by atoms with Gasteiger partial charge in [0.25, 0.3) is 0 Å². The molecule has 36 heavy (non-hydrogen) atoms. The summed E-state index contributed by atoms with van der Waals surface area (Å²) < 4.78 is 47.4. The van der Waals surface area contributed by atoms with Gasteiger partial charge in [0.1, 0.15) is 0 Å². The van der Waals surface area contributed by atoms with Crippen LogP contribution < -0.4 is 0 Å². The number of nitrogens with zero attached hydrogens (tertiary/aromatic N) is 1. The third-order valence-corrected chi connectivity index (χ3v) is 11.5. The predicted octanol–water partition coefficient (Wildman–Crippen LogP) is 5.80. The Labute approximate surface area is 212 Å². The fourth-order valence-electron chi connectivity index (χ4n) is 9.72. The quantitative estimate of drug-likeness (QED) is 0.422. The maximum Gasteiger partial charge on any atom is 0.471 e. The molecule has 2 heterocycles. The number of amides is 1. The molecule has 2 aliphatic heterocycles. The van der Waals surface area contributed by atoms with Crippen molar-refractivity contribution in [2.45, 2.75) is 109 Å². The Morgan fingerprint density at radius 3 is 2.67 bits per heavy atom. The first kappa shape index (κ1) is 25.0. The zero-order valence-electron chi connectivity index (χ0n) is 21.9. The minimum atomic E-state index is -4.86. The number of fused-ring (bicyclic) bond motifs is 6. The SMILES string of the molecule is CC1=C2C[C@H]3[C@@H](CC=C4C[C@@H](O)CC[C@@]43C)[C@@H]2CCC12O[C@@H]1C[C@H](C)CN(C(=O)C(F)(F)F)[C@H]1[C@H]2C. The lowest BCUT2D eigenvalue weighted by molar-refractivity contribution is -0.192. The maximum atomic E-state index is 13.5. The molecule has 0 aromatic heterocycles. The number of aliphatic hydroxyl groups excluding tert-OH is 1. The number of likely N-dealkylation sites (tertiary alicyclic amines) is 1. The molecular formula is C29H40F3NO3. The lowest BCUT2D eigenvalue weighted by atomic mass is 9.56. The molecular weight excluding hydrogens is 467 g/mol. The molecule has 10 atom stereocenters. The molecule has 1 spiro atoms. The number of hydrogen-bond acceptors (Lipinski definition) is 3. The molecule has 0 bridgehead atoms. The third-order valence-electron chi connectivity index (χ3n) is 11.5. The number of ether oxygens (including phenoxy) is 1. The van der Waals surface area contributed by atoms with Crippen LogP contribution in [0.3, 0.4) is 0 Å². The van der Waals surface area contributed by atoms with Crippen LogP contribution in [-0.4, -0.2) is 52.5 Å². The van der Waals surface area contributed by atoms with Crippen molar-refractivity contribution < 1.29 is 27.8 Å². The zero-order valence-corrected chi connectivity index (χ0v) is 21.9. The van der Waals surface area contributed by atoms with E-state index in [9.17, 15) is 23.1 Å². The summed E-state index contributed by atoms with van der Waals surface area (Å²) in [5.41, 5.74) is 3.69. The van der Waals surface area contributed by atoms with Crippen LogP contribution in [0.25, 0.3) is 0 Å². The van der Waals surface area contributed by atoms with E-state index in [0.29, 0.717) is 24.2 Å². The Morgan fingerprint density at radius 2 is 1.94 bits per heavy atom. The summed E-state index contributed by atoms with van der Waals surface area (Å²) in [5, 5.41) is 10.3. The fraction of sp³-hybridized carbons (Fsp3) is 0.828. The molecule has 2 saturated carbocycles. The van der Waals surface area contributed by atoms with Gasteiger partial charge in [-0.05, 0) is 93.0 Å². The van der Waals surface area contributed by atoms with E-state index in [4.69, 9.17) is 4.74 Å². The van der Waals surface area contributed by atoms with Gasteiger partial charge in [-0.15, -0.1) is 0 Å². The van der Waals surface area contributed by atoms with Crippen molar-refractivity contribution in [2.24, 2.45) is 35.0 Å². The maximum absolute atomic E-state index is 13.5. The highest BCUT2D eigenvalue weighted by Gasteiger charge is 2.63. The summed E-state index contributed by atoms with van der Waals surface area (Å²) in [6.07, 6.45) is 4.24. The number of hydrogen-bond donors (Lipinski definition) is 1. The van der Waals surface area contributed by atoms with Crippen LogP contribution in [0.2, 0.25) is 0 Å². The Bertz CT molecular complexity index is 1020. The number of carbonyl (C=O) groups is 1. The summed E-state index contributed by atoms with van der Waals surface area (Å²) in [4.78, 5) is 13.6. The predicted molar refractivity (Wildman–Crippen MR) is 130 cm³/mol. The van der Waals surface area contributed by atoms with Gasteiger partial charge in [0.05, 0.1) is 23.9 Å². The summed E-state index contributed by atoms with van der Waals surface area (Å²) in [5.74, 6) is -0.257. The number of halogens is 3. The van der Waals surface area contributed by atoms with Crippen molar-refractivity contribution >= 4 is 5.91 Å². The van der Waals surface area contributed by atoms with Crippen molar-refractivity contribution in [1.29, 1.82) is 0 Å². The van der Waals surface area contributed by atoms with Crippen LogP contribution >= 0.6 is 0 Å². The van der Waals surface area contributed by atoms with Crippen molar-refractivity contribution in [2.75, 3.05) is 6.54 Å². The average molecular weight is 508 g/mol. The van der Waals surface area contributed by atoms with Crippen molar-refractivity contribution in [3.63, 3.8) is 0 Å². The molecule has 1 N–H and O–H groups in total. The first-order valence-electron chi connectivity index (χ1n) is 14.0. The smallest absolute Gasteiger partial charge is 0.393 e. The molecule has 7 heteroatoms. The van der Waals surface area contributed by atoms with Crippen LogP contribution in [0.1, 0.15) is 79.1 Å². The molecule has 0 aromatic carbocycles. The minimum absolute atomic E-state index is 0.0235. The second-order valence-corrected chi connectivity index (χ2v) is 13.2. The standard InChI is InChI=1S/C29H40F3NO3/c1-15-11-24-25(33(14-15)26(35)29(30,31)32)17(3)28(36-24)10-8-20-21-6-5-18-12-19(34)7-9-27(18,4)23(21)13-22(20)16(28)2/h5,15,17,19-21,23-25,34H,6-14H2,1-4H3/t15-,17+,19-,20-,21-,23-,24+,25-,27-,28?/m0/s1. The third kappa shape index (κ3) is 3.36. The second-order valence-electron chi connectivity index (χ2n) is 13.2. The summed E-state index contributed by atoms with van der Waals surface area (Å²) in [7, 11) is 0. The largest absolute Gasteiger partial charge is 0.471 e. The van der Waals surface area contributed by atoms with Crippen LogP contribution in [0.15, 0.2) is 22.8 Å². The molecule has 4 fully saturated rings. The van der Waals surface area contributed by atoms with E-state index in [-0.39, 0.29) is 36.0 Å². The number of aliphatic hydroxyl groups is 1. The highest BCUT2D eigenvalue weighted by molar-refractivity contribution is 5.82. The van der Waals surface area contributed by atoms with Crippen molar-refractivity contribution in [1.82, 2.24) is 4.90 Å². The Hall–Kier alpha value is -1.34. The molecule has 1 amide bonds. The normalized spacial score (nSPS) is 48.3. The lowest BCUT2D eigenvalue weighted by Crippen LogP contribution is -2.57. The van der Waals surface area contributed by atoms with Gasteiger partial charge in [0.2, 0.25) is 0 Å². The van der Waals surface area contributed by atoms with Gasteiger partial charge in [-0.3, -0.25) is 4.79 Å². The summed E-state index contributed by atoms with van der Waals surface area (Å²) in [6.45, 7) is 8.66. The number of carbonyl (C=O) groups excluding carboxylic acids is 1. The van der Waals surface area contributed by atoms with Crippen molar-refractivity contribution in [3.8, 4) is 0 Å². The molecule has 6 rings (SSSR count). The van der Waals surface area contributed by atoms with Gasteiger partial charge in [-0.25, -0.2) is 0 Å². The van der Waals surface area contributed by atoms with Gasteiger partial charge in [-0.1, -0.05) is 38.0 Å². The summed E-state index contributed by atoms with van der Waals surface area (Å²) in [6, 6.07) is -0.531. The summed E-state index contributed by atoms with van der Waals surface area (Å²) >= 11 is 0. The number of piperidine rings is 1. The van der Waals surface area contributed by atoms with Gasteiger partial charge < -0.3 is 14.7 Å². The minimum Gasteiger partial charge on any atom is -0.393 e. The highest BCUT2D eigenvalue weighted by Crippen LogP contribution is 2.65. The first-order chi connectivity index (χ1) is 16.9. The van der Waals surface area contributed by atoms with Crippen LogP contribution in [0, 0.1) is 35.0 Å². The van der Waals surface area contributed by atoms with Crippen molar-refractivity contribution in [3.05, 3.63) is 22.8 Å². The zero-order chi connectivity index (χ0) is 25.8. The van der Waals surface area contributed by atoms with E-state index >= 15 is 0 Å². The van der Waals surface area contributed by atoms with E-state index in [2.05, 4.69) is 19.9 Å².